The first-order valence-electron chi connectivity index (χ1n) is 8.45. The van der Waals surface area contributed by atoms with E-state index in [-0.39, 0.29) is 24.5 Å². The second-order valence-corrected chi connectivity index (χ2v) is 5.67. The van der Waals surface area contributed by atoms with Crippen molar-refractivity contribution in [2.24, 2.45) is 5.10 Å². The molecule has 0 bridgehead atoms. The first-order chi connectivity index (χ1) is 13.0. The van der Waals surface area contributed by atoms with Gasteiger partial charge in [0.25, 0.3) is 0 Å². The van der Waals surface area contributed by atoms with Gasteiger partial charge in [0.2, 0.25) is 0 Å². The first-order valence-corrected chi connectivity index (χ1v) is 8.45. The summed E-state index contributed by atoms with van der Waals surface area (Å²) in [5.74, 6) is -2.11. The second-order valence-electron chi connectivity index (χ2n) is 5.67. The summed E-state index contributed by atoms with van der Waals surface area (Å²) >= 11 is 0. The Hall–Kier alpha value is -3.29. The Morgan fingerprint density at radius 3 is 2.33 bits per heavy atom. The predicted octanol–water partition coefficient (Wildman–Crippen LogP) is 0.722. The molecule has 1 heterocycles. The lowest BCUT2D eigenvalue weighted by molar-refractivity contribution is -0.138. The fourth-order valence-corrected chi connectivity index (χ4v) is 2.80. The molecule has 0 fully saturated rings. The van der Waals surface area contributed by atoms with E-state index in [0.29, 0.717) is 21.7 Å². The number of carbonyl (C=O) groups is 2. The van der Waals surface area contributed by atoms with Crippen molar-refractivity contribution in [1.29, 1.82) is 0 Å². The lowest BCUT2D eigenvalue weighted by Gasteiger charge is -2.26. The number of nitrogens with one attached hydrogen (secondary N) is 1. The molecular formula is C19H22N2O6. The first kappa shape index (κ1) is 20.0. The van der Waals surface area contributed by atoms with E-state index in [1.807, 2.05) is 0 Å². The number of hydrazone groups is 1. The Morgan fingerprint density at radius 2 is 1.74 bits per heavy atom. The van der Waals surface area contributed by atoms with Crippen molar-refractivity contribution in [3.05, 3.63) is 45.5 Å². The van der Waals surface area contributed by atoms with Crippen LogP contribution in [-0.4, -0.2) is 41.1 Å². The van der Waals surface area contributed by atoms with Crippen LogP contribution < -0.4 is 15.9 Å². The molecule has 0 amide bonds. The number of ether oxygens (including phenoxy) is 2. The number of esters is 2. The number of allylic oxidation sites excluding steroid dienone is 1. The number of rotatable bonds is 5. The smallest absolute Gasteiger partial charge is 0.355 e. The lowest BCUT2D eigenvalue weighted by atomic mass is 9.84. The zero-order chi connectivity index (χ0) is 20.0. The largest absolute Gasteiger partial charge is 0.515 e. The van der Waals surface area contributed by atoms with Gasteiger partial charge in [-0.05, 0) is 32.4 Å². The maximum absolute atomic E-state index is 12.6. The van der Waals surface area contributed by atoms with Crippen LogP contribution in [0.4, 0.5) is 0 Å². The number of hydrogen-bond acceptors (Lipinski definition) is 8. The van der Waals surface area contributed by atoms with Crippen LogP contribution in [0, 0.1) is 0 Å². The highest BCUT2D eigenvalue weighted by atomic mass is 16.5. The van der Waals surface area contributed by atoms with Crippen molar-refractivity contribution in [1.82, 2.24) is 5.43 Å². The fourth-order valence-electron chi connectivity index (χ4n) is 2.80. The van der Waals surface area contributed by atoms with E-state index >= 15 is 0 Å². The van der Waals surface area contributed by atoms with Gasteiger partial charge in [0.05, 0.1) is 37.2 Å². The van der Waals surface area contributed by atoms with Gasteiger partial charge in [0, 0.05) is 16.1 Å². The van der Waals surface area contributed by atoms with Gasteiger partial charge in [-0.2, -0.15) is 5.10 Å². The zero-order valence-electron chi connectivity index (χ0n) is 15.4. The van der Waals surface area contributed by atoms with E-state index in [2.05, 4.69) is 10.5 Å². The minimum Gasteiger partial charge on any atom is -0.515 e. The third-order valence-corrected chi connectivity index (χ3v) is 4.01. The van der Waals surface area contributed by atoms with Crippen molar-refractivity contribution in [2.45, 2.75) is 26.7 Å². The number of nitrogens with zero attached hydrogens (tertiary/aromatic N) is 1. The minimum absolute atomic E-state index is 0.00452. The Morgan fingerprint density at radius 1 is 1.11 bits per heavy atom. The zero-order valence-corrected chi connectivity index (χ0v) is 15.4. The monoisotopic (exact) mass is 374 g/mol. The number of benzene rings is 1. The van der Waals surface area contributed by atoms with Crippen molar-refractivity contribution in [3.63, 3.8) is 0 Å². The summed E-state index contributed by atoms with van der Waals surface area (Å²) in [5.41, 5.74) is 3.85. The molecular weight excluding hydrogens is 352 g/mol. The van der Waals surface area contributed by atoms with Gasteiger partial charge in [-0.1, -0.05) is 12.1 Å². The van der Waals surface area contributed by atoms with Gasteiger partial charge < -0.3 is 19.7 Å². The van der Waals surface area contributed by atoms with Crippen LogP contribution in [0.2, 0.25) is 0 Å². The third-order valence-electron chi connectivity index (χ3n) is 4.01. The van der Waals surface area contributed by atoms with Gasteiger partial charge >= 0.3 is 11.9 Å². The van der Waals surface area contributed by atoms with Crippen molar-refractivity contribution in [2.75, 3.05) is 13.2 Å². The SMILES string of the molecule is CCOC(=O)C1=NNC(C)=C(C(=O)OCC)C1c1ccc(=CO)c(=CO)c1. The van der Waals surface area contributed by atoms with Crippen molar-refractivity contribution < 1.29 is 29.3 Å². The Balaban J connectivity index is 2.68. The standard InChI is InChI=1S/C19H22N2O6/c1-4-26-18(24)15-11(3)20-21-17(19(25)27-5-2)16(15)12-6-7-13(9-22)14(8-12)10-23/h6-10,16,20,22-23H,4-5H2,1-3H3. The van der Waals surface area contributed by atoms with Crippen LogP contribution in [0.5, 0.6) is 0 Å². The Bertz CT molecular complexity index is 917. The topological polar surface area (TPSA) is 117 Å². The summed E-state index contributed by atoms with van der Waals surface area (Å²) in [6.45, 7) is 5.32. The van der Waals surface area contributed by atoms with Crippen LogP contribution in [0.15, 0.2) is 34.6 Å². The number of aliphatic hydroxyl groups excluding tert-OH is 2. The number of carbonyl (C=O) groups excluding carboxylic acids is 2. The number of aliphatic hydroxyl groups is 2. The molecule has 1 unspecified atom stereocenters. The molecule has 0 saturated heterocycles. The van der Waals surface area contributed by atoms with Crippen LogP contribution in [0.25, 0.3) is 12.5 Å². The summed E-state index contributed by atoms with van der Waals surface area (Å²) in [6.07, 6.45) is 1.68. The van der Waals surface area contributed by atoms with Crippen molar-refractivity contribution in [3.8, 4) is 0 Å². The van der Waals surface area contributed by atoms with Crippen LogP contribution in [0.1, 0.15) is 32.3 Å². The van der Waals surface area contributed by atoms with E-state index in [9.17, 15) is 19.8 Å². The molecule has 0 spiro atoms. The number of hydrogen-bond donors (Lipinski definition) is 3. The highest BCUT2D eigenvalue weighted by molar-refractivity contribution is 6.40. The summed E-state index contributed by atoms with van der Waals surface area (Å²) in [7, 11) is 0. The highest BCUT2D eigenvalue weighted by Gasteiger charge is 2.37. The predicted molar refractivity (Wildman–Crippen MR) is 99.2 cm³/mol. The minimum atomic E-state index is -0.851. The lowest BCUT2D eigenvalue weighted by Crippen LogP contribution is -2.37. The van der Waals surface area contributed by atoms with Gasteiger partial charge in [0.1, 0.15) is 0 Å². The van der Waals surface area contributed by atoms with Crippen LogP contribution >= 0.6 is 0 Å². The molecule has 27 heavy (non-hydrogen) atoms. The maximum Gasteiger partial charge on any atom is 0.355 e. The molecule has 0 saturated carbocycles. The molecule has 1 aromatic carbocycles. The molecule has 1 aliphatic rings. The molecule has 2 rings (SSSR count). The molecule has 0 aromatic heterocycles. The quantitative estimate of drug-likeness (QED) is 0.650. The van der Waals surface area contributed by atoms with Gasteiger partial charge in [-0.25, -0.2) is 9.59 Å². The van der Waals surface area contributed by atoms with Crippen LogP contribution in [-0.2, 0) is 19.1 Å². The van der Waals surface area contributed by atoms with E-state index in [0.717, 1.165) is 12.5 Å². The highest BCUT2D eigenvalue weighted by Crippen LogP contribution is 2.31. The summed E-state index contributed by atoms with van der Waals surface area (Å²) < 4.78 is 10.2. The summed E-state index contributed by atoms with van der Waals surface area (Å²) in [4.78, 5) is 25.0. The molecule has 0 radical (unpaired) electrons. The van der Waals surface area contributed by atoms with E-state index in [1.54, 1.807) is 39.0 Å². The van der Waals surface area contributed by atoms with Gasteiger partial charge in [-0.3, -0.25) is 5.43 Å². The summed E-state index contributed by atoms with van der Waals surface area (Å²) in [5, 5.41) is 23.5. The molecule has 1 atom stereocenters. The molecule has 8 nitrogen and oxygen atoms in total. The van der Waals surface area contributed by atoms with E-state index in [1.165, 1.54) is 0 Å². The maximum atomic E-state index is 12.6. The van der Waals surface area contributed by atoms with Gasteiger partial charge in [0.15, 0.2) is 5.71 Å². The second kappa shape index (κ2) is 8.88. The molecule has 144 valence electrons. The third kappa shape index (κ3) is 4.11. The van der Waals surface area contributed by atoms with E-state index < -0.39 is 17.9 Å². The normalized spacial score (nSPS) is 18.0. The fraction of sp³-hybridized carbons (Fsp3) is 0.316. The molecule has 1 aromatic rings. The molecule has 1 aliphatic heterocycles. The Labute approximate surface area is 156 Å². The molecule has 0 aliphatic carbocycles. The molecule has 3 N–H and O–H groups in total. The molecule has 8 heteroatoms. The van der Waals surface area contributed by atoms with E-state index in [4.69, 9.17) is 9.47 Å². The van der Waals surface area contributed by atoms with Crippen LogP contribution in [0.3, 0.4) is 0 Å². The van der Waals surface area contributed by atoms with Crippen molar-refractivity contribution >= 4 is 30.2 Å². The average Bonchev–Trinajstić information content (AvgIpc) is 2.67. The summed E-state index contributed by atoms with van der Waals surface area (Å²) in [6, 6.07) is 4.74. The Kier molecular flexibility index (Phi) is 6.59. The average molecular weight is 374 g/mol. The van der Waals surface area contributed by atoms with Gasteiger partial charge in [-0.15, -0.1) is 0 Å².